The van der Waals surface area contributed by atoms with Gasteiger partial charge in [0.15, 0.2) is 23.0 Å². The molecule has 184 valence electrons. The van der Waals surface area contributed by atoms with Crippen LogP contribution in [0.1, 0.15) is 43.6 Å². The number of esters is 1. The Morgan fingerprint density at radius 2 is 1.35 bits per heavy atom. The molecule has 1 N–H and O–H groups in total. The molecule has 10 heteroatoms. The second-order valence-electron chi connectivity index (χ2n) is 6.65. The van der Waals surface area contributed by atoms with E-state index in [9.17, 15) is 9.59 Å². The summed E-state index contributed by atoms with van der Waals surface area (Å²) in [5.74, 6) is 0.960. The zero-order valence-corrected chi connectivity index (χ0v) is 20.2. The molecule has 2 aromatic rings. The van der Waals surface area contributed by atoms with Crippen molar-refractivity contribution in [1.82, 2.24) is 5.43 Å². The van der Waals surface area contributed by atoms with Gasteiger partial charge in [-0.2, -0.15) is 5.10 Å². The lowest BCUT2D eigenvalue weighted by Crippen LogP contribution is -2.18. The second kappa shape index (κ2) is 12.9. The summed E-state index contributed by atoms with van der Waals surface area (Å²) in [4.78, 5) is 24.1. The fraction of sp³-hybridized carbons (Fsp3) is 0.375. The minimum Gasteiger partial charge on any atom is -0.493 e. The first-order chi connectivity index (χ1) is 16.4. The SMILES string of the molecule is CCOc1cc(C(=O)N/N=C\c2cc(OC)c(OC(C)=O)c(OC)c2)cc(OCC)c1OCC. The van der Waals surface area contributed by atoms with E-state index >= 15 is 0 Å². The molecule has 0 heterocycles. The van der Waals surface area contributed by atoms with Gasteiger partial charge in [-0.25, -0.2) is 5.43 Å². The number of benzene rings is 2. The van der Waals surface area contributed by atoms with Gasteiger partial charge in [-0.15, -0.1) is 0 Å². The van der Waals surface area contributed by atoms with Crippen LogP contribution in [-0.2, 0) is 4.79 Å². The average molecular weight is 475 g/mol. The minimum atomic E-state index is -0.515. The quantitative estimate of drug-likeness (QED) is 0.215. The van der Waals surface area contributed by atoms with Crippen molar-refractivity contribution in [3.63, 3.8) is 0 Å². The van der Waals surface area contributed by atoms with E-state index in [1.165, 1.54) is 27.4 Å². The van der Waals surface area contributed by atoms with Crippen molar-refractivity contribution >= 4 is 18.1 Å². The maximum Gasteiger partial charge on any atom is 0.308 e. The van der Waals surface area contributed by atoms with Crippen molar-refractivity contribution in [3.8, 4) is 34.5 Å². The van der Waals surface area contributed by atoms with Crippen LogP contribution in [0.3, 0.4) is 0 Å². The predicted octanol–water partition coefficient (Wildman–Crippen LogP) is 3.59. The van der Waals surface area contributed by atoms with Gasteiger partial charge in [0.05, 0.1) is 40.3 Å². The number of rotatable bonds is 12. The molecular weight excluding hydrogens is 444 g/mol. The van der Waals surface area contributed by atoms with Gasteiger partial charge in [0.25, 0.3) is 5.91 Å². The Bertz CT molecular complexity index is 984. The number of hydrogen-bond donors (Lipinski definition) is 1. The zero-order chi connectivity index (χ0) is 25.1. The van der Waals surface area contributed by atoms with Gasteiger partial charge in [-0.3, -0.25) is 9.59 Å². The number of hydrazone groups is 1. The van der Waals surface area contributed by atoms with Gasteiger partial charge in [-0.05, 0) is 45.0 Å². The van der Waals surface area contributed by atoms with Gasteiger partial charge in [0, 0.05) is 18.1 Å². The first kappa shape index (κ1) is 26.3. The van der Waals surface area contributed by atoms with Crippen molar-refractivity contribution < 1.29 is 38.0 Å². The Labute approximate surface area is 198 Å². The van der Waals surface area contributed by atoms with Crippen LogP contribution in [0.2, 0.25) is 0 Å². The summed E-state index contributed by atoms with van der Waals surface area (Å²) in [6.45, 7) is 8.00. The Kier molecular flexibility index (Phi) is 10.0. The van der Waals surface area contributed by atoms with E-state index in [-0.39, 0.29) is 22.8 Å². The molecule has 0 aliphatic rings. The lowest BCUT2D eigenvalue weighted by atomic mass is 10.1. The summed E-state index contributed by atoms with van der Waals surface area (Å²) in [6, 6.07) is 6.32. The summed E-state index contributed by atoms with van der Waals surface area (Å²) in [7, 11) is 2.87. The smallest absolute Gasteiger partial charge is 0.308 e. The molecule has 0 saturated carbocycles. The Morgan fingerprint density at radius 3 is 1.79 bits per heavy atom. The zero-order valence-electron chi connectivity index (χ0n) is 20.2. The second-order valence-corrected chi connectivity index (χ2v) is 6.65. The van der Waals surface area contributed by atoms with Crippen LogP contribution >= 0.6 is 0 Å². The molecule has 0 unspecified atom stereocenters. The standard InChI is InChI=1S/C24H30N2O8/c1-7-31-20-12-17(13-21(32-8-2)22(20)33-9-3)24(28)26-25-14-16-10-18(29-5)23(34-15(4)27)19(11-16)30-6/h10-14H,7-9H2,1-6H3,(H,26,28)/b25-14-. The van der Waals surface area contributed by atoms with Crippen molar-refractivity contribution in [2.45, 2.75) is 27.7 Å². The van der Waals surface area contributed by atoms with E-state index in [4.69, 9.17) is 28.4 Å². The third-order valence-electron chi connectivity index (χ3n) is 4.28. The monoisotopic (exact) mass is 474 g/mol. The molecule has 2 rings (SSSR count). The first-order valence-electron chi connectivity index (χ1n) is 10.7. The molecule has 0 fully saturated rings. The van der Waals surface area contributed by atoms with Crippen molar-refractivity contribution in [2.75, 3.05) is 34.0 Å². The van der Waals surface area contributed by atoms with Gasteiger partial charge >= 0.3 is 5.97 Å². The lowest BCUT2D eigenvalue weighted by Gasteiger charge is -2.16. The fourth-order valence-electron chi connectivity index (χ4n) is 2.97. The predicted molar refractivity (Wildman–Crippen MR) is 126 cm³/mol. The van der Waals surface area contributed by atoms with Crippen LogP contribution in [0.15, 0.2) is 29.4 Å². The molecule has 2 aromatic carbocycles. The number of methoxy groups -OCH3 is 2. The number of amides is 1. The minimum absolute atomic E-state index is 0.153. The molecule has 0 aromatic heterocycles. The van der Waals surface area contributed by atoms with E-state index in [1.807, 2.05) is 20.8 Å². The van der Waals surface area contributed by atoms with Crippen LogP contribution < -0.4 is 33.8 Å². The molecule has 34 heavy (non-hydrogen) atoms. The topological polar surface area (TPSA) is 114 Å². The number of nitrogens with zero attached hydrogens (tertiary/aromatic N) is 1. The number of hydrogen-bond acceptors (Lipinski definition) is 9. The summed E-state index contributed by atoms with van der Waals surface area (Å²) in [5.41, 5.74) is 3.30. The normalized spacial score (nSPS) is 10.5. The fourth-order valence-corrected chi connectivity index (χ4v) is 2.97. The van der Waals surface area contributed by atoms with E-state index < -0.39 is 11.9 Å². The Morgan fingerprint density at radius 1 is 0.824 bits per heavy atom. The highest BCUT2D eigenvalue weighted by Crippen LogP contribution is 2.39. The molecule has 0 bridgehead atoms. The molecular formula is C24H30N2O8. The summed E-state index contributed by atoms with van der Waals surface area (Å²) in [5, 5.41) is 4.01. The summed E-state index contributed by atoms with van der Waals surface area (Å²) < 4.78 is 32.7. The van der Waals surface area contributed by atoms with Gasteiger partial charge in [0.2, 0.25) is 11.5 Å². The average Bonchev–Trinajstić information content (AvgIpc) is 2.81. The third-order valence-corrected chi connectivity index (χ3v) is 4.28. The number of nitrogens with one attached hydrogen (secondary N) is 1. The molecule has 0 aliphatic heterocycles. The molecule has 1 amide bonds. The van der Waals surface area contributed by atoms with Crippen LogP contribution in [0.5, 0.6) is 34.5 Å². The highest BCUT2D eigenvalue weighted by molar-refractivity contribution is 5.96. The summed E-state index contributed by atoms with van der Waals surface area (Å²) in [6.07, 6.45) is 1.40. The van der Waals surface area contributed by atoms with Crippen LogP contribution in [0.4, 0.5) is 0 Å². The molecule has 0 aliphatic carbocycles. The summed E-state index contributed by atoms with van der Waals surface area (Å²) >= 11 is 0. The van der Waals surface area contributed by atoms with E-state index in [0.29, 0.717) is 42.6 Å². The van der Waals surface area contributed by atoms with Gasteiger partial charge in [0.1, 0.15) is 0 Å². The Balaban J connectivity index is 2.29. The third kappa shape index (κ3) is 6.77. The number of carbonyl (C=O) groups excluding carboxylic acids is 2. The maximum absolute atomic E-state index is 12.8. The van der Waals surface area contributed by atoms with Crippen LogP contribution in [-0.4, -0.2) is 52.1 Å². The molecule has 0 atom stereocenters. The van der Waals surface area contributed by atoms with Crippen molar-refractivity contribution in [2.24, 2.45) is 5.10 Å². The van der Waals surface area contributed by atoms with Gasteiger partial charge in [-0.1, -0.05) is 0 Å². The largest absolute Gasteiger partial charge is 0.493 e. The highest BCUT2D eigenvalue weighted by Gasteiger charge is 2.19. The highest BCUT2D eigenvalue weighted by atomic mass is 16.6. The van der Waals surface area contributed by atoms with Crippen LogP contribution in [0, 0.1) is 0 Å². The van der Waals surface area contributed by atoms with Crippen molar-refractivity contribution in [1.29, 1.82) is 0 Å². The lowest BCUT2D eigenvalue weighted by molar-refractivity contribution is -0.132. The molecule has 10 nitrogen and oxygen atoms in total. The molecule has 0 radical (unpaired) electrons. The van der Waals surface area contributed by atoms with E-state index in [2.05, 4.69) is 10.5 Å². The maximum atomic E-state index is 12.8. The number of carbonyl (C=O) groups is 2. The molecule has 0 saturated heterocycles. The first-order valence-corrected chi connectivity index (χ1v) is 10.7. The van der Waals surface area contributed by atoms with E-state index in [1.54, 1.807) is 24.3 Å². The van der Waals surface area contributed by atoms with Crippen molar-refractivity contribution in [3.05, 3.63) is 35.4 Å². The van der Waals surface area contributed by atoms with Gasteiger partial charge < -0.3 is 28.4 Å². The van der Waals surface area contributed by atoms with E-state index in [0.717, 1.165) is 0 Å². The Hall–Kier alpha value is -3.95. The van der Waals surface area contributed by atoms with Crippen LogP contribution in [0.25, 0.3) is 0 Å². The molecule has 0 spiro atoms. The number of ether oxygens (including phenoxy) is 6.